The van der Waals surface area contributed by atoms with Crippen molar-refractivity contribution in [2.75, 3.05) is 37.5 Å². The van der Waals surface area contributed by atoms with Crippen LogP contribution in [0.2, 0.25) is 0 Å². The zero-order valence-corrected chi connectivity index (χ0v) is 22.6. The summed E-state index contributed by atoms with van der Waals surface area (Å²) in [5.74, 6) is -0.833. The van der Waals surface area contributed by atoms with Crippen LogP contribution in [0.5, 0.6) is 0 Å². The Kier molecular flexibility index (Phi) is 338. The molecule has 0 spiro atoms. The molecule has 0 fully saturated rings. The van der Waals surface area contributed by atoms with Crippen LogP contribution < -0.4 is 5.73 Å². The summed E-state index contributed by atoms with van der Waals surface area (Å²) >= 11 is 5.25. The van der Waals surface area contributed by atoms with Gasteiger partial charge in [-0.25, -0.2) is 0 Å². The molecule has 0 saturated heterocycles. The van der Waals surface area contributed by atoms with E-state index in [9.17, 15) is 4.79 Å². The van der Waals surface area contributed by atoms with E-state index in [0.717, 1.165) is 6.92 Å². The van der Waals surface area contributed by atoms with Crippen molar-refractivity contribution < 1.29 is 47.4 Å². The summed E-state index contributed by atoms with van der Waals surface area (Å²) in [6.45, 7) is 6.72. The summed E-state index contributed by atoms with van der Waals surface area (Å²) in [4.78, 5) is 18.4. The van der Waals surface area contributed by atoms with Gasteiger partial charge in [0.15, 0.2) is 0 Å². The summed E-state index contributed by atoms with van der Waals surface area (Å²) in [5.41, 5.74) is 4.92. The van der Waals surface area contributed by atoms with Gasteiger partial charge in [-0.1, -0.05) is 28.7 Å². The number of aliphatic carboxylic acids is 1. The minimum absolute atomic E-state index is 0. The topological polar surface area (TPSA) is 80.4 Å². The van der Waals surface area contributed by atoms with Gasteiger partial charge in [-0.3, -0.25) is 4.79 Å². The summed E-state index contributed by atoms with van der Waals surface area (Å²) < 4.78 is 0. The van der Waals surface area contributed by atoms with Crippen LogP contribution in [0.3, 0.4) is 0 Å². The van der Waals surface area contributed by atoms with E-state index >= 15 is 0 Å². The molecule has 25 heavy (non-hydrogen) atoms. The van der Waals surface area contributed by atoms with Gasteiger partial charge in [-0.15, -0.1) is 0 Å². The Labute approximate surface area is 200 Å². The van der Waals surface area contributed by atoms with Crippen molar-refractivity contribution in [1.29, 1.82) is 0 Å². The monoisotopic (exact) mass is 500 g/mol. The summed E-state index contributed by atoms with van der Waals surface area (Å²) in [5, 5.41) is 7.42. The minimum Gasteiger partial charge on any atom is -0.481 e. The van der Waals surface area contributed by atoms with Crippen LogP contribution in [-0.2, 0) is 42.3 Å². The van der Waals surface area contributed by atoms with Gasteiger partial charge < -0.3 is 30.5 Å². The third kappa shape index (κ3) is 1290. The SMILES string of the molecule is C.C.CC.CC(=O)O.CSC.CSC.CSC.C[C@H](N)C=O.[CH3-].[CH3-].[Y]. The van der Waals surface area contributed by atoms with E-state index in [1.165, 1.54) is 0 Å². The van der Waals surface area contributed by atoms with Gasteiger partial charge in [-0.2, -0.15) is 35.3 Å². The van der Waals surface area contributed by atoms with E-state index in [4.69, 9.17) is 15.6 Å². The second-order valence-electron chi connectivity index (χ2n) is 2.74. The zero-order valence-electron chi connectivity index (χ0n) is 17.3. The Morgan fingerprint density at radius 2 is 0.960 bits per heavy atom. The largest absolute Gasteiger partial charge is 0.481 e. The van der Waals surface area contributed by atoms with E-state index in [-0.39, 0.29) is 68.5 Å². The number of carboxylic acids is 1. The van der Waals surface area contributed by atoms with Crippen molar-refractivity contribution in [3.8, 4) is 0 Å². The van der Waals surface area contributed by atoms with Crippen molar-refractivity contribution in [3.05, 3.63) is 14.9 Å². The molecule has 0 aliphatic heterocycles. The van der Waals surface area contributed by atoms with Crippen LogP contribution in [-0.4, -0.2) is 60.9 Å². The number of hydrogen-bond acceptors (Lipinski definition) is 6. The molecule has 163 valence electrons. The quantitative estimate of drug-likeness (QED) is 0.350. The fraction of sp³-hybridized carbons (Fsp3) is 0.765. The maximum Gasteiger partial charge on any atom is 0.300 e. The molecule has 0 aliphatic rings. The number of hydrogen-bond donors (Lipinski definition) is 2. The standard InChI is InChI=1S/C3H7NO.C2H4O2.3C2H6S.C2H6.2CH4.2CH3.Y/c1-3(4)2-5;1-2(3)4;3*1-3-2;1-2;;;;;/h2-3H,4H2,1H3;1H3,(H,3,4);3*1-2H3;1-2H3;2*1H4;2*1H3;/q;;;;;;;;2*-1;/t3-;;;;;;;;;;/m0........../s1. The van der Waals surface area contributed by atoms with Crippen LogP contribution in [0.4, 0.5) is 0 Å². The van der Waals surface area contributed by atoms with Gasteiger partial charge >= 0.3 is 0 Å². The van der Waals surface area contributed by atoms with E-state index in [0.29, 0.717) is 6.29 Å². The normalized spacial score (nSPS) is 6.20. The molecule has 0 bridgehead atoms. The molecular weight excluding hydrogens is 451 g/mol. The Bertz CT molecular complexity index is 138. The Morgan fingerprint density at radius 1 is 0.920 bits per heavy atom. The second kappa shape index (κ2) is 117. The molecule has 0 aromatic carbocycles. The molecule has 8 heteroatoms. The molecule has 0 unspecified atom stereocenters. The van der Waals surface area contributed by atoms with Gasteiger partial charge in [0.2, 0.25) is 0 Å². The van der Waals surface area contributed by atoms with Gasteiger partial charge in [0.25, 0.3) is 5.97 Å². The molecule has 0 aromatic heterocycles. The van der Waals surface area contributed by atoms with E-state index in [2.05, 4.69) is 0 Å². The molecule has 0 amide bonds. The molecule has 0 saturated carbocycles. The zero-order chi connectivity index (χ0) is 18.0. The molecule has 4 nitrogen and oxygen atoms in total. The van der Waals surface area contributed by atoms with E-state index < -0.39 is 5.97 Å². The molecule has 0 aromatic rings. The summed E-state index contributed by atoms with van der Waals surface area (Å²) in [6.07, 6.45) is 12.9. The van der Waals surface area contributed by atoms with Crippen LogP contribution in [0.25, 0.3) is 0 Å². The van der Waals surface area contributed by atoms with E-state index in [1.807, 2.05) is 51.4 Å². The number of carboxylic acid groups (broad SMARTS) is 1. The minimum atomic E-state index is -0.833. The molecule has 3 N–H and O–H groups in total. The number of thioether (sulfide) groups is 3. The average molecular weight is 501 g/mol. The first-order chi connectivity index (χ1) is 9.24. The van der Waals surface area contributed by atoms with E-state index in [1.54, 1.807) is 42.2 Å². The van der Waals surface area contributed by atoms with Crippen LogP contribution in [0.15, 0.2) is 0 Å². The number of rotatable bonds is 1. The fourth-order valence-electron chi connectivity index (χ4n) is 0. The third-order valence-corrected chi connectivity index (χ3v) is 0.215. The maximum absolute atomic E-state index is 9.38. The van der Waals surface area contributed by atoms with Crippen LogP contribution in [0, 0.1) is 14.9 Å². The number of nitrogens with two attached hydrogens (primary N) is 1. The predicted octanol–water partition coefficient (Wildman–Crippen LogP) is 5.76. The molecule has 0 aliphatic carbocycles. The van der Waals surface area contributed by atoms with Crippen LogP contribution >= 0.6 is 35.3 Å². The second-order valence-corrected chi connectivity index (χ2v) is 5.19. The molecule has 0 heterocycles. The number of carbonyl (C=O) groups is 2. The average Bonchev–Trinajstić information content (AvgIpc) is 2.34. The van der Waals surface area contributed by atoms with Crippen molar-refractivity contribution in [2.24, 2.45) is 5.73 Å². The molecule has 0 rings (SSSR count). The van der Waals surface area contributed by atoms with Gasteiger partial charge in [0, 0.05) is 39.6 Å². The number of carbonyl (C=O) groups excluding carboxylic acids is 1. The number of aldehydes is 1. The fourth-order valence-corrected chi connectivity index (χ4v) is 0. The van der Waals surface area contributed by atoms with Crippen molar-refractivity contribution in [2.45, 2.75) is 48.6 Å². The molecule has 1 atom stereocenters. The summed E-state index contributed by atoms with van der Waals surface area (Å²) in [6, 6.07) is -0.296. The first kappa shape index (κ1) is 72.0. The van der Waals surface area contributed by atoms with Gasteiger partial charge in [0.05, 0.1) is 6.04 Å². The smallest absolute Gasteiger partial charge is 0.300 e. The Hall–Kier alpha value is 1.25. The predicted molar refractivity (Wildman–Crippen MR) is 129 cm³/mol. The van der Waals surface area contributed by atoms with Gasteiger partial charge in [-0.05, 0) is 44.5 Å². The van der Waals surface area contributed by atoms with Crippen molar-refractivity contribution in [1.82, 2.24) is 0 Å². The first-order valence-electron chi connectivity index (χ1n) is 5.86. The summed E-state index contributed by atoms with van der Waals surface area (Å²) in [7, 11) is 0. The Balaban J connectivity index is -0.0000000103. The van der Waals surface area contributed by atoms with Crippen molar-refractivity contribution >= 4 is 47.5 Å². The van der Waals surface area contributed by atoms with Crippen molar-refractivity contribution in [3.63, 3.8) is 0 Å². The first-order valence-corrected chi connectivity index (χ1v) is 10.8. The maximum atomic E-state index is 9.38. The van der Waals surface area contributed by atoms with Crippen LogP contribution in [0.1, 0.15) is 42.5 Å². The Morgan fingerprint density at radius 3 is 0.960 bits per heavy atom. The van der Waals surface area contributed by atoms with Gasteiger partial charge in [0.1, 0.15) is 6.29 Å². The third-order valence-electron chi connectivity index (χ3n) is 0.215. The molecular formula is C17H49NO3S3Y-2. The molecule has 1 radical (unpaired) electrons.